The predicted octanol–water partition coefficient (Wildman–Crippen LogP) is 4.35. The van der Waals surface area contributed by atoms with Gasteiger partial charge in [-0.05, 0) is 68.5 Å². The van der Waals surface area contributed by atoms with Crippen LogP contribution in [0.2, 0.25) is 0 Å². The molecule has 18 heavy (non-hydrogen) atoms. The highest BCUT2D eigenvalue weighted by molar-refractivity contribution is 14.1. The first-order chi connectivity index (χ1) is 8.59. The van der Waals surface area contributed by atoms with Crippen LogP contribution in [0.5, 0.6) is 0 Å². The number of carbonyl (C=O) groups is 1. The van der Waals surface area contributed by atoms with Crippen molar-refractivity contribution in [2.24, 2.45) is 0 Å². The Hall–Kier alpha value is -0.400. The summed E-state index contributed by atoms with van der Waals surface area (Å²) < 4.78 is 2.06. The lowest BCUT2D eigenvalue weighted by Crippen LogP contribution is -2.23. The van der Waals surface area contributed by atoms with E-state index >= 15 is 0 Å². The van der Waals surface area contributed by atoms with Crippen molar-refractivity contribution in [2.45, 2.75) is 13.5 Å². The quantitative estimate of drug-likeness (QED) is 0.713. The van der Waals surface area contributed by atoms with Gasteiger partial charge in [0.1, 0.15) is 0 Å². The molecule has 0 saturated carbocycles. The molecule has 1 aromatic carbocycles. The van der Waals surface area contributed by atoms with Crippen molar-refractivity contribution in [1.29, 1.82) is 0 Å². The van der Waals surface area contributed by atoms with Gasteiger partial charge in [-0.2, -0.15) is 0 Å². The minimum Gasteiger partial charge on any atom is -0.347 e. The molecule has 0 saturated heterocycles. The average molecular weight is 436 g/mol. The van der Waals surface area contributed by atoms with Gasteiger partial charge < -0.3 is 5.32 Å². The predicted molar refractivity (Wildman–Crippen MR) is 87.1 cm³/mol. The van der Waals surface area contributed by atoms with E-state index in [1.165, 1.54) is 0 Å². The Morgan fingerprint density at radius 3 is 2.89 bits per heavy atom. The first-order valence-corrected chi connectivity index (χ1v) is 8.10. The first kappa shape index (κ1) is 14.0. The van der Waals surface area contributed by atoms with Gasteiger partial charge in [0, 0.05) is 12.9 Å². The van der Waals surface area contributed by atoms with E-state index in [0.29, 0.717) is 6.54 Å². The molecular formula is C13H11BrINOS. The van der Waals surface area contributed by atoms with Crippen LogP contribution in [0.3, 0.4) is 0 Å². The van der Waals surface area contributed by atoms with Crippen LogP contribution in [-0.4, -0.2) is 5.91 Å². The SMILES string of the molecule is Cc1cccc(C(=O)NCc2sccc2Br)c1I. The summed E-state index contributed by atoms with van der Waals surface area (Å²) in [6.07, 6.45) is 0. The summed E-state index contributed by atoms with van der Waals surface area (Å²) in [5.74, 6) is -0.0246. The number of halogens is 2. The number of thiophene rings is 1. The van der Waals surface area contributed by atoms with Crippen LogP contribution in [0.25, 0.3) is 0 Å². The van der Waals surface area contributed by atoms with Crippen molar-refractivity contribution < 1.29 is 4.79 Å². The number of hydrogen-bond acceptors (Lipinski definition) is 2. The zero-order chi connectivity index (χ0) is 13.1. The Labute approximate surface area is 132 Å². The van der Waals surface area contributed by atoms with Gasteiger partial charge in [0.05, 0.1) is 12.1 Å². The van der Waals surface area contributed by atoms with Gasteiger partial charge >= 0.3 is 0 Å². The summed E-state index contributed by atoms with van der Waals surface area (Å²) in [6.45, 7) is 2.56. The fourth-order valence-corrected chi connectivity index (χ4v) is 3.57. The normalized spacial score (nSPS) is 10.4. The highest BCUT2D eigenvalue weighted by Gasteiger charge is 2.11. The smallest absolute Gasteiger partial charge is 0.252 e. The number of rotatable bonds is 3. The van der Waals surface area contributed by atoms with E-state index in [1.54, 1.807) is 11.3 Å². The molecule has 0 unspecified atom stereocenters. The minimum absolute atomic E-state index is 0.0246. The molecule has 1 heterocycles. The number of benzene rings is 1. The minimum atomic E-state index is -0.0246. The zero-order valence-electron chi connectivity index (χ0n) is 9.67. The lowest BCUT2D eigenvalue weighted by atomic mass is 10.1. The molecule has 1 aromatic heterocycles. The molecule has 0 aliphatic rings. The van der Waals surface area contributed by atoms with E-state index in [1.807, 2.05) is 36.6 Å². The van der Waals surface area contributed by atoms with Crippen molar-refractivity contribution in [2.75, 3.05) is 0 Å². The van der Waals surface area contributed by atoms with Crippen LogP contribution >= 0.6 is 49.9 Å². The standard InChI is InChI=1S/C13H11BrINOS/c1-8-3-2-4-9(12(8)15)13(17)16-7-11-10(14)5-6-18-11/h2-6H,7H2,1H3,(H,16,17). The van der Waals surface area contributed by atoms with Crippen LogP contribution in [0, 0.1) is 10.5 Å². The average Bonchev–Trinajstić information content (AvgIpc) is 2.75. The summed E-state index contributed by atoms with van der Waals surface area (Å²) in [5, 5.41) is 4.95. The van der Waals surface area contributed by atoms with Crippen LogP contribution in [0.15, 0.2) is 34.1 Å². The summed E-state index contributed by atoms with van der Waals surface area (Å²) >= 11 is 7.30. The van der Waals surface area contributed by atoms with Crippen LogP contribution < -0.4 is 5.32 Å². The van der Waals surface area contributed by atoms with E-state index < -0.39 is 0 Å². The number of hydrogen-bond donors (Lipinski definition) is 1. The van der Waals surface area contributed by atoms with Crippen molar-refractivity contribution in [3.05, 3.63) is 53.7 Å². The molecule has 0 radical (unpaired) electrons. The molecule has 94 valence electrons. The molecule has 1 N–H and O–H groups in total. The molecule has 0 aliphatic heterocycles. The van der Waals surface area contributed by atoms with Gasteiger partial charge in [-0.25, -0.2) is 0 Å². The Balaban J connectivity index is 2.09. The summed E-state index contributed by atoms with van der Waals surface area (Å²) in [4.78, 5) is 13.2. The largest absolute Gasteiger partial charge is 0.347 e. The fourth-order valence-electron chi connectivity index (χ4n) is 1.53. The fraction of sp³-hybridized carbons (Fsp3) is 0.154. The van der Waals surface area contributed by atoms with Crippen molar-refractivity contribution in [3.63, 3.8) is 0 Å². The highest BCUT2D eigenvalue weighted by atomic mass is 127. The third-order valence-corrected chi connectivity index (χ3v) is 5.90. The maximum atomic E-state index is 12.1. The molecule has 0 aliphatic carbocycles. The molecule has 1 amide bonds. The number of nitrogens with one attached hydrogen (secondary N) is 1. The monoisotopic (exact) mass is 435 g/mol. The van der Waals surface area contributed by atoms with Gasteiger partial charge in [-0.3, -0.25) is 4.79 Å². The molecule has 2 aromatic rings. The third kappa shape index (κ3) is 3.13. The second kappa shape index (κ2) is 6.16. The van der Waals surface area contributed by atoms with Crippen molar-refractivity contribution in [1.82, 2.24) is 5.32 Å². The van der Waals surface area contributed by atoms with Gasteiger partial charge in [-0.15, -0.1) is 11.3 Å². The molecule has 0 spiro atoms. The summed E-state index contributed by atoms with van der Waals surface area (Å²) in [6, 6.07) is 7.76. The molecule has 0 bridgehead atoms. The molecule has 2 nitrogen and oxygen atoms in total. The second-order valence-electron chi connectivity index (χ2n) is 3.81. The second-order valence-corrected chi connectivity index (χ2v) is 6.74. The Bertz CT molecular complexity index is 582. The Morgan fingerprint density at radius 1 is 1.44 bits per heavy atom. The van der Waals surface area contributed by atoms with Crippen LogP contribution in [0.1, 0.15) is 20.8 Å². The van der Waals surface area contributed by atoms with Gasteiger partial charge in [0.2, 0.25) is 0 Å². The van der Waals surface area contributed by atoms with E-state index in [9.17, 15) is 4.79 Å². The lowest BCUT2D eigenvalue weighted by molar-refractivity contribution is 0.0950. The lowest BCUT2D eigenvalue weighted by Gasteiger charge is -2.08. The summed E-state index contributed by atoms with van der Waals surface area (Å²) in [7, 11) is 0. The van der Waals surface area contributed by atoms with Gasteiger partial charge in [0.15, 0.2) is 0 Å². The highest BCUT2D eigenvalue weighted by Crippen LogP contribution is 2.22. The van der Waals surface area contributed by atoms with E-state index in [-0.39, 0.29) is 5.91 Å². The topological polar surface area (TPSA) is 29.1 Å². The maximum Gasteiger partial charge on any atom is 0.252 e. The van der Waals surface area contributed by atoms with E-state index in [0.717, 1.165) is 24.0 Å². The number of aryl methyl sites for hydroxylation is 1. The third-order valence-electron chi connectivity index (χ3n) is 2.54. The van der Waals surface area contributed by atoms with E-state index in [4.69, 9.17) is 0 Å². The van der Waals surface area contributed by atoms with E-state index in [2.05, 4.69) is 43.8 Å². The van der Waals surface area contributed by atoms with Crippen LogP contribution in [-0.2, 0) is 6.54 Å². The van der Waals surface area contributed by atoms with Crippen molar-refractivity contribution >= 4 is 55.8 Å². The maximum absolute atomic E-state index is 12.1. The van der Waals surface area contributed by atoms with Gasteiger partial charge in [-0.1, -0.05) is 12.1 Å². The Kier molecular flexibility index (Phi) is 4.80. The zero-order valence-corrected chi connectivity index (χ0v) is 14.2. The first-order valence-electron chi connectivity index (χ1n) is 5.35. The Morgan fingerprint density at radius 2 is 2.22 bits per heavy atom. The molecular weight excluding hydrogens is 425 g/mol. The number of amides is 1. The molecule has 0 atom stereocenters. The summed E-state index contributed by atoms with van der Waals surface area (Å²) in [5.41, 5.74) is 1.86. The van der Waals surface area contributed by atoms with Crippen LogP contribution in [0.4, 0.5) is 0 Å². The number of carbonyl (C=O) groups excluding carboxylic acids is 1. The van der Waals surface area contributed by atoms with Gasteiger partial charge in [0.25, 0.3) is 5.91 Å². The molecule has 5 heteroatoms. The molecule has 2 rings (SSSR count). The van der Waals surface area contributed by atoms with Crippen molar-refractivity contribution in [3.8, 4) is 0 Å². The molecule has 0 fully saturated rings.